The first-order valence-electron chi connectivity index (χ1n) is 11.1. The molecular formula is C26H27FN2O5S. The van der Waals surface area contributed by atoms with Gasteiger partial charge in [0.25, 0.3) is 15.9 Å². The first-order valence-corrected chi connectivity index (χ1v) is 12.6. The third-order valence-corrected chi connectivity index (χ3v) is 7.26. The maximum atomic E-state index is 14.8. The molecule has 2 atom stereocenters. The molecule has 0 aromatic heterocycles. The van der Waals surface area contributed by atoms with Gasteiger partial charge in [0.05, 0.1) is 25.9 Å². The Hall–Kier alpha value is -3.59. The molecule has 0 unspecified atom stereocenters. The van der Waals surface area contributed by atoms with E-state index in [0.717, 1.165) is 11.1 Å². The molecule has 1 amide bonds. The van der Waals surface area contributed by atoms with Crippen molar-refractivity contribution in [2.24, 2.45) is 0 Å². The average molecular weight is 499 g/mol. The second kappa shape index (κ2) is 9.95. The van der Waals surface area contributed by atoms with E-state index >= 15 is 0 Å². The number of alkyl halides is 1. The molecule has 0 bridgehead atoms. The molecule has 35 heavy (non-hydrogen) atoms. The van der Waals surface area contributed by atoms with E-state index in [0.29, 0.717) is 11.3 Å². The van der Waals surface area contributed by atoms with Gasteiger partial charge in [0.2, 0.25) is 0 Å². The Balaban J connectivity index is 1.47. The van der Waals surface area contributed by atoms with Gasteiger partial charge in [0.1, 0.15) is 22.5 Å². The minimum absolute atomic E-state index is 0.00553. The average Bonchev–Trinajstić information content (AvgIpc) is 3.20. The van der Waals surface area contributed by atoms with Crippen molar-refractivity contribution in [3.63, 3.8) is 0 Å². The van der Waals surface area contributed by atoms with E-state index in [4.69, 9.17) is 9.47 Å². The van der Waals surface area contributed by atoms with Crippen molar-refractivity contribution in [3.8, 4) is 11.5 Å². The number of nitrogens with one attached hydrogen (secondary N) is 1. The van der Waals surface area contributed by atoms with Gasteiger partial charge in [-0.05, 0) is 49.7 Å². The molecule has 1 saturated heterocycles. The van der Waals surface area contributed by atoms with Gasteiger partial charge in [0, 0.05) is 11.6 Å². The number of halogens is 1. The van der Waals surface area contributed by atoms with Crippen LogP contribution in [-0.2, 0) is 10.0 Å². The minimum atomic E-state index is -3.93. The number of amides is 1. The van der Waals surface area contributed by atoms with Crippen LogP contribution in [0.1, 0.15) is 21.5 Å². The number of ether oxygens (including phenoxy) is 2. The van der Waals surface area contributed by atoms with E-state index < -0.39 is 22.3 Å². The summed E-state index contributed by atoms with van der Waals surface area (Å²) in [4.78, 5) is 14.4. The summed E-state index contributed by atoms with van der Waals surface area (Å²) in [5.41, 5.74) is 2.58. The number of anilines is 1. The van der Waals surface area contributed by atoms with E-state index in [2.05, 4.69) is 4.72 Å². The lowest BCUT2D eigenvalue weighted by atomic mass is 10.0. The number of methoxy groups -OCH3 is 1. The molecule has 1 heterocycles. The fourth-order valence-corrected chi connectivity index (χ4v) is 5.23. The van der Waals surface area contributed by atoms with E-state index in [1.54, 1.807) is 42.5 Å². The zero-order chi connectivity index (χ0) is 25.2. The number of likely N-dealkylation sites (tertiary alicyclic amines) is 1. The van der Waals surface area contributed by atoms with Crippen LogP contribution >= 0.6 is 0 Å². The Bertz CT molecular complexity index is 1350. The lowest BCUT2D eigenvalue weighted by Crippen LogP contribution is -2.31. The van der Waals surface area contributed by atoms with Crippen LogP contribution in [0.4, 0.5) is 10.1 Å². The first kappa shape index (κ1) is 24.5. The second-order valence-electron chi connectivity index (χ2n) is 8.48. The highest BCUT2D eigenvalue weighted by atomic mass is 32.2. The number of carbonyl (C=O) groups excluding carboxylic acids is 1. The third-order valence-electron chi connectivity index (χ3n) is 5.84. The molecule has 9 heteroatoms. The number of hydrogen-bond donors (Lipinski definition) is 1. The number of hydrogen-bond acceptors (Lipinski definition) is 5. The van der Waals surface area contributed by atoms with Gasteiger partial charge in [-0.25, -0.2) is 12.8 Å². The van der Waals surface area contributed by atoms with E-state index in [-0.39, 0.29) is 35.3 Å². The van der Waals surface area contributed by atoms with Gasteiger partial charge >= 0.3 is 0 Å². The van der Waals surface area contributed by atoms with Crippen LogP contribution in [0.5, 0.6) is 11.5 Å². The second-order valence-corrected chi connectivity index (χ2v) is 10.1. The molecule has 1 fully saturated rings. The number of carbonyl (C=O) groups is 1. The Kier molecular flexibility index (Phi) is 6.98. The van der Waals surface area contributed by atoms with Gasteiger partial charge in [-0.1, -0.05) is 35.9 Å². The summed E-state index contributed by atoms with van der Waals surface area (Å²) in [7, 11) is -2.53. The van der Waals surface area contributed by atoms with Crippen molar-refractivity contribution < 1.29 is 27.1 Å². The van der Waals surface area contributed by atoms with Gasteiger partial charge in [-0.2, -0.15) is 0 Å². The van der Waals surface area contributed by atoms with Gasteiger partial charge in [-0.15, -0.1) is 0 Å². The smallest absolute Gasteiger partial charge is 0.265 e. The Morgan fingerprint density at radius 2 is 1.80 bits per heavy atom. The molecule has 0 radical (unpaired) electrons. The number of para-hydroxylation sites is 1. The normalized spacial score (nSPS) is 17.8. The molecule has 7 nitrogen and oxygen atoms in total. The lowest BCUT2D eigenvalue weighted by molar-refractivity contribution is 0.0771. The fourth-order valence-electron chi connectivity index (χ4n) is 4.01. The zero-order valence-corrected chi connectivity index (χ0v) is 20.5. The molecular weight excluding hydrogens is 471 g/mol. The fraction of sp³-hybridized carbons (Fsp3) is 0.269. The molecule has 3 aromatic rings. The molecule has 1 aliphatic heterocycles. The monoisotopic (exact) mass is 498 g/mol. The number of aryl methyl sites for hydroxylation is 2. The Morgan fingerprint density at radius 3 is 2.57 bits per heavy atom. The number of benzene rings is 3. The van der Waals surface area contributed by atoms with Crippen molar-refractivity contribution in [2.75, 3.05) is 24.9 Å². The van der Waals surface area contributed by atoms with Crippen LogP contribution in [0, 0.1) is 13.8 Å². The van der Waals surface area contributed by atoms with Crippen molar-refractivity contribution >= 4 is 21.6 Å². The lowest BCUT2D eigenvalue weighted by Gasteiger charge is -2.18. The van der Waals surface area contributed by atoms with Crippen LogP contribution < -0.4 is 14.2 Å². The van der Waals surface area contributed by atoms with Crippen molar-refractivity contribution in [1.82, 2.24) is 4.90 Å². The van der Waals surface area contributed by atoms with Crippen LogP contribution in [0.3, 0.4) is 0 Å². The van der Waals surface area contributed by atoms with Crippen LogP contribution in [0.15, 0.2) is 71.6 Å². The summed E-state index contributed by atoms with van der Waals surface area (Å²) in [5, 5.41) is 0. The molecule has 4 rings (SSSR count). The van der Waals surface area contributed by atoms with Gasteiger partial charge in [-0.3, -0.25) is 9.52 Å². The molecule has 3 aromatic carbocycles. The number of rotatable bonds is 7. The van der Waals surface area contributed by atoms with E-state index in [9.17, 15) is 17.6 Å². The highest BCUT2D eigenvalue weighted by Crippen LogP contribution is 2.28. The minimum Gasteiger partial charge on any atom is -0.495 e. The number of nitrogens with zero attached hydrogens (tertiary/aromatic N) is 1. The van der Waals surface area contributed by atoms with Crippen molar-refractivity contribution in [3.05, 3.63) is 83.4 Å². The Labute approximate surface area is 204 Å². The van der Waals surface area contributed by atoms with E-state index in [1.165, 1.54) is 24.1 Å². The summed E-state index contributed by atoms with van der Waals surface area (Å²) in [6.07, 6.45) is -2.25. The molecule has 1 aliphatic rings. The summed E-state index contributed by atoms with van der Waals surface area (Å²) in [6, 6.07) is 18.1. The maximum absolute atomic E-state index is 14.8. The zero-order valence-electron chi connectivity index (χ0n) is 19.7. The van der Waals surface area contributed by atoms with Crippen LogP contribution in [0.2, 0.25) is 0 Å². The molecule has 0 saturated carbocycles. The molecule has 0 aliphatic carbocycles. The number of sulfonamides is 1. The van der Waals surface area contributed by atoms with Crippen LogP contribution in [-0.4, -0.2) is 51.7 Å². The predicted octanol–water partition coefficient (Wildman–Crippen LogP) is 4.35. The van der Waals surface area contributed by atoms with Crippen molar-refractivity contribution in [2.45, 2.75) is 31.0 Å². The largest absolute Gasteiger partial charge is 0.495 e. The SMILES string of the molecule is COc1ccccc1S(=O)(=O)Nc1cccc(O[C@@H]2CN(C(=O)c3cc(C)ccc3C)C[C@@H]2F)c1. The summed E-state index contributed by atoms with van der Waals surface area (Å²) in [6.45, 7) is 3.77. The highest BCUT2D eigenvalue weighted by molar-refractivity contribution is 7.92. The molecule has 1 N–H and O–H groups in total. The van der Waals surface area contributed by atoms with E-state index in [1.807, 2.05) is 26.0 Å². The van der Waals surface area contributed by atoms with Crippen molar-refractivity contribution in [1.29, 1.82) is 0 Å². The Morgan fingerprint density at radius 1 is 1.03 bits per heavy atom. The third kappa shape index (κ3) is 5.40. The quantitative estimate of drug-likeness (QED) is 0.524. The summed E-state index contributed by atoms with van der Waals surface area (Å²) >= 11 is 0. The standard InChI is InChI=1S/C26H27FN2O5S/c1-17-11-12-18(2)21(13-17)26(30)29-15-22(27)24(16-29)34-20-8-6-7-19(14-20)28-35(31,32)25-10-5-4-9-23(25)33-3/h4-14,22,24,28H,15-16H2,1-3H3/t22-,24+/m0/s1. The van der Waals surface area contributed by atoms with Gasteiger partial charge < -0.3 is 14.4 Å². The predicted molar refractivity (Wildman–Crippen MR) is 131 cm³/mol. The maximum Gasteiger partial charge on any atom is 0.265 e. The molecule has 184 valence electrons. The highest BCUT2D eigenvalue weighted by Gasteiger charge is 2.37. The van der Waals surface area contributed by atoms with Crippen LogP contribution in [0.25, 0.3) is 0 Å². The summed E-state index contributed by atoms with van der Waals surface area (Å²) in [5.74, 6) is 0.268. The van der Waals surface area contributed by atoms with Gasteiger partial charge in [0.15, 0.2) is 6.17 Å². The molecule has 0 spiro atoms. The topological polar surface area (TPSA) is 84.9 Å². The summed E-state index contributed by atoms with van der Waals surface area (Å²) < 4.78 is 54.0. The first-order chi connectivity index (χ1) is 16.7.